The summed E-state index contributed by atoms with van der Waals surface area (Å²) in [7, 11) is 0. The van der Waals surface area contributed by atoms with Gasteiger partial charge in [0.15, 0.2) is 0 Å². The Morgan fingerprint density at radius 2 is 1.48 bits per heavy atom. The van der Waals surface area contributed by atoms with Crippen LogP contribution in [0.15, 0.2) is 88.7 Å². The molecule has 0 saturated heterocycles. The van der Waals surface area contributed by atoms with Gasteiger partial charge in [0.05, 0.1) is 5.69 Å². The van der Waals surface area contributed by atoms with Crippen LogP contribution in [0.5, 0.6) is 0 Å². The third kappa shape index (κ3) is 5.36. The minimum Gasteiger partial charge on any atom is -0.344 e. The van der Waals surface area contributed by atoms with Crippen LogP contribution in [-0.4, -0.2) is 11.8 Å². The number of halogens is 1. The molecule has 0 bridgehead atoms. The second kappa shape index (κ2) is 9.26. The van der Waals surface area contributed by atoms with Gasteiger partial charge in [-0.1, -0.05) is 71.9 Å². The van der Waals surface area contributed by atoms with Crippen LogP contribution in [0.1, 0.15) is 5.56 Å². The number of hydrogen-bond donors (Lipinski definition) is 2. The average Bonchev–Trinajstić information content (AvgIpc) is 2.69. The molecule has 0 atom stereocenters. The zero-order valence-corrected chi connectivity index (χ0v) is 15.9. The fraction of sp³-hybridized carbons (Fsp3) is 0.0476. The van der Waals surface area contributed by atoms with Gasteiger partial charge in [-0.15, -0.1) is 0 Å². The first-order valence-corrected chi connectivity index (χ1v) is 9.47. The summed E-state index contributed by atoms with van der Waals surface area (Å²) >= 11 is 7.58. The third-order valence-corrected chi connectivity index (χ3v) is 5.16. The topological polar surface area (TPSA) is 58.2 Å². The number of rotatable bonds is 5. The smallest absolute Gasteiger partial charge is 0.313 e. The van der Waals surface area contributed by atoms with E-state index in [1.165, 1.54) is 11.8 Å². The molecule has 6 heteroatoms. The molecule has 0 aromatic heterocycles. The summed E-state index contributed by atoms with van der Waals surface area (Å²) in [6.07, 6.45) is 0. The van der Waals surface area contributed by atoms with Crippen LogP contribution in [0.4, 0.5) is 5.69 Å². The standard InChI is InChI=1S/C21H17ClN2O2S/c22-17-11-5-4-8-15(17)14-23-20(25)21(26)24-18-12-6-7-13-19(18)27-16-9-2-1-3-10-16/h1-13H,14H2,(H,23,25)(H,24,26). The van der Waals surface area contributed by atoms with Gasteiger partial charge in [0.25, 0.3) is 0 Å². The summed E-state index contributed by atoms with van der Waals surface area (Å²) in [5.74, 6) is -1.43. The maximum Gasteiger partial charge on any atom is 0.313 e. The maximum atomic E-state index is 12.3. The molecule has 0 aliphatic heterocycles. The van der Waals surface area contributed by atoms with Crippen molar-refractivity contribution in [1.29, 1.82) is 0 Å². The van der Waals surface area contributed by atoms with Gasteiger partial charge in [-0.3, -0.25) is 9.59 Å². The van der Waals surface area contributed by atoms with Crippen molar-refractivity contribution in [2.24, 2.45) is 0 Å². The minimum atomic E-state index is -0.719. The molecule has 27 heavy (non-hydrogen) atoms. The largest absolute Gasteiger partial charge is 0.344 e. The van der Waals surface area contributed by atoms with Gasteiger partial charge in [-0.05, 0) is 35.9 Å². The predicted molar refractivity (Wildman–Crippen MR) is 109 cm³/mol. The number of para-hydroxylation sites is 1. The Bertz CT molecular complexity index is 948. The van der Waals surface area contributed by atoms with Crippen molar-refractivity contribution in [3.8, 4) is 0 Å². The highest BCUT2D eigenvalue weighted by Gasteiger charge is 2.16. The van der Waals surface area contributed by atoms with E-state index < -0.39 is 11.8 Å². The lowest BCUT2D eigenvalue weighted by atomic mass is 10.2. The Balaban J connectivity index is 1.63. The summed E-state index contributed by atoms with van der Waals surface area (Å²) < 4.78 is 0. The van der Waals surface area contributed by atoms with E-state index in [-0.39, 0.29) is 6.54 Å². The Labute approximate surface area is 166 Å². The molecule has 2 amide bonds. The van der Waals surface area contributed by atoms with E-state index >= 15 is 0 Å². The van der Waals surface area contributed by atoms with Gasteiger partial charge >= 0.3 is 11.8 Å². The lowest BCUT2D eigenvalue weighted by Crippen LogP contribution is -2.35. The molecule has 0 fully saturated rings. The molecule has 0 aliphatic carbocycles. The Kier molecular flexibility index (Phi) is 6.52. The molecular weight excluding hydrogens is 380 g/mol. The molecule has 3 rings (SSSR count). The quantitative estimate of drug-likeness (QED) is 0.612. The van der Waals surface area contributed by atoms with Crippen LogP contribution in [0.25, 0.3) is 0 Å². The predicted octanol–water partition coefficient (Wildman–Crippen LogP) is 4.75. The van der Waals surface area contributed by atoms with Crippen LogP contribution >= 0.6 is 23.4 Å². The highest BCUT2D eigenvalue weighted by Crippen LogP contribution is 2.33. The molecule has 0 unspecified atom stereocenters. The van der Waals surface area contributed by atoms with Crippen molar-refractivity contribution in [2.75, 3.05) is 5.32 Å². The van der Waals surface area contributed by atoms with Gasteiger partial charge in [-0.25, -0.2) is 0 Å². The van der Waals surface area contributed by atoms with Gasteiger partial charge in [0.2, 0.25) is 0 Å². The number of benzene rings is 3. The number of hydrogen-bond acceptors (Lipinski definition) is 3. The monoisotopic (exact) mass is 396 g/mol. The van der Waals surface area contributed by atoms with Crippen molar-refractivity contribution in [1.82, 2.24) is 5.32 Å². The van der Waals surface area contributed by atoms with Gasteiger partial charge in [0, 0.05) is 21.4 Å². The van der Waals surface area contributed by atoms with Crippen molar-refractivity contribution in [3.05, 3.63) is 89.4 Å². The molecule has 3 aromatic rings. The first-order valence-electron chi connectivity index (χ1n) is 8.28. The molecule has 3 aromatic carbocycles. The van der Waals surface area contributed by atoms with Crippen LogP contribution < -0.4 is 10.6 Å². The molecule has 0 radical (unpaired) electrons. The minimum absolute atomic E-state index is 0.187. The van der Waals surface area contributed by atoms with E-state index in [0.717, 1.165) is 15.4 Å². The number of carbonyl (C=O) groups excluding carboxylic acids is 2. The van der Waals surface area contributed by atoms with Crippen molar-refractivity contribution < 1.29 is 9.59 Å². The van der Waals surface area contributed by atoms with Crippen molar-refractivity contribution in [2.45, 2.75) is 16.3 Å². The number of anilines is 1. The van der Waals surface area contributed by atoms with E-state index in [0.29, 0.717) is 10.7 Å². The Morgan fingerprint density at radius 3 is 2.26 bits per heavy atom. The van der Waals surface area contributed by atoms with Gasteiger partial charge in [0.1, 0.15) is 0 Å². The summed E-state index contributed by atoms with van der Waals surface area (Å²) in [6, 6.07) is 24.3. The molecule has 4 nitrogen and oxygen atoms in total. The van der Waals surface area contributed by atoms with E-state index in [2.05, 4.69) is 10.6 Å². The van der Waals surface area contributed by atoms with Crippen LogP contribution in [0.3, 0.4) is 0 Å². The fourth-order valence-electron chi connectivity index (χ4n) is 2.35. The molecule has 0 saturated carbocycles. The summed E-state index contributed by atoms with van der Waals surface area (Å²) in [5, 5.41) is 5.81. The summed E-state index contributed by atoms with van der Waals surface area (Å²) in [4.78, 5) is 26.3. The van der Waals surface area contributed by atoms with Gasteiger partial charge < -0.3 is 10.6 Å². The van der Waals surface area contributed by atoms with Crippen molar-refractivity contribution in [3.63, 3.8) is 0 Å². The number of carbonyl (C=O) groups is 2. The van der Waals surface area contributed by atoms with E-state index in [1.807, 2.05) is 60.7 Å². The highest BCUT2D eigenvalue weighted by molar-refractivity contribution is 7.99. The van der Waals surface area contributed by atoms with Crippen LogP contribution in [-0.2, 0) is 16.1 Å². The first-order chi connectivity index (χ1) is 13.1. The Morgan fingerprint density at radius 1 is 0.815 bits per heavy atom. The number of nitrogens with one attached hydrogen (secondary N) is 2. The van der Waals surface area contributed by atoms with Crippen LogP contribution in [0.2, 0.25) is 5.02 Å². The summed E-state index contributed by atoms with van der Waals surface area (Å²) in [6.45, 7) is 0.187. The Hall–Kier alpha value is -2.76. The molecule has 0 heterocycles. The van der Waals surface area contributed by atoms with E-state index in [1.54, 1.807) is 18.2 Å². The number of amides is 2. The van der Waals surface area contributed by atoms with Crippen LogP contribution in [0, 0.1) is 0 Å². The zero-order valence-electron chi connectivity index (χ0n) is 14.3. The normalized spacial score (nSPS) is 10.3. The van der Waals surface area contributed by atoms with E-state index in [9.17, 15) is 9.59 Å². The SMILES string of the molecule is O=C(NCc1ccccc1Cl)C(=O)Nc1ccccc1Sc1ccccc1. The molecule has 2 N–H and O–H groups in total. The molecule has 0 spiro atoms. The van der Waals surface area contributed by atoms with Gasteiger partial charge in [-0.2, -0.15) is 0 Å². The first kappa shape index (κ1) is 19.0. The van der Waals surface area contributed by atoms with E-state index in [4.69, 9.17) is 11.6 Å². The third-order valence-electron chi connectivity index (χ3n) is 3.71. The molecule has 136 valence electrons. The highest BCUT2D eigenvalue weighted by atomic mass is 35.5. The molecule has 0 aliphatic rings. The summed E-state index contributed by atoms with van der Waals surface area (Å²) in [5.41, 5.74) is 1.34. The van der Waals surface area contributed by atoms with Crippen molar-refractivity contribution >= 4 is 40.9 Å². The fourth-order valence-corrected chi connectivity index (χ4v) is 3.48. The molecular formula is C21H17ClN2O2S. The second-order valence-corrected chi connectivity index (χ2v) is 7.16. The maximum absolute atomic E-state index is 12.3. The lowest BCUT2D eigenvalue weighted by Gasteiger charge is -2.11. The lowest BCUT2D eigenvalue weighted by molar-refractivity contribution is -0.136. The average molecular weight is 397 g/mol. The second-order valence-electron chi connectivity index (χ2n) is 5.64. The zero-order chi connectivity index (χ0) is 19.1.